The van der Waals surface area contributed by atoms with Gasteiger partial charge >= 0.3 is 5.97 Å². The Kier molecular flexibility index (Phi) is 5.91. The van der Waals surface area contributed by atoms with Crippen LogP contribution in [-0.2, 0) is 4.74 Å². The van der Waals surface area contributed by atoms with Crippen molar-refractivity contribution >= 4 is 23.3 Å². The topological polar surface area (TPSA) is 78.8 Å². The fraction of sp³-hybridized carbons (Fsp3) is 0.417. The van der Waals surface area contributed by atoms with Crippen molar-refractivity contribution in [1.82, 2.24) is 0 Å². The van der Waals surface area contributed by atoms with Crippen LogP contribution in [0.3, 0.4) is 0 Å². The standard InChI is InChI=1S/C12H16ClNO4/c1-18-7-9(4-5-15)14-11-3-2-8(12(16)17)6-10(11)13/h2-3,6,9,14-15H,4-5,7H2,1H3,(H,16,17). The van der Waals surface area contributed by atoms with Crippen molar-refractivity contribution in [3.05, 3.63) is 28.8 Å². The van der Waals surface area contributed by atoms with Crippen LogP contribution in [-0.4, -0.2) is 42.5 Å². The van der Waals surface area contributed by atoms with Crippen LogP contribution in [0.25, 0.3) is 0 Å². The van der Waals surface area contributed by atoms with E-state index >= 15 is 0 Å². The predicted octanol–water partition coefficient (Wildman–Crippen LogP) is 1.85. The molecule has 0 saturated carbocycles. The Morgan fingerprint density at radius 1 is 1.56 bits per heavy atom. The number of benzene rings is 1. The highest BCUT2D eigenvalue weighted by atomic mass is 35.5. The summed E-state index contributed by atoms with van der Waals surface area (Å²) in [6, 6.07) is 4.38. The maximum Gasteiger partial charge on any atom is 0.335 e. The highest BCUT2D eigenvalue weighted by molar-refractivity contribution is 6.33. The van der Waals surface area contributed by atoms with E-state index in [2.05, 4.69) is 5.32 Å². The molecule has 0 fully saturated rings. The number of carbonyl (C=O) groups is 1. The molecule has 3 N–H and O–H groups in total. The van der Waals surface area contributed by atoms with Crippen LogP contribution >= 0.6 is 11.6 Å². The van der Waals surface area contributed by atoms with E-state index in [0.29, 0.717) is 23.7 Å². The first-order chi connectivity index (χ1) is 8.58. The Bertz CT molecular complexity index is 405. The molecule has 0 aliphatic heterocycles. The predicted molar refractivity (Wildman–Crippen MR) is 69.4 cm³/mol. The lowest BCUT2D eigenvalue weighted by atomic mass is 10.1. The van der Waals surface area contributed by atoms with Gasteiger partial charge in [-0.25, -0.2) is 4.79 Å². The lowest BCUT2D eigenvalue weighted by Gasteiger charge is -2.19. The molecular weight excluding hydrogens is 258 g/mol. The summed E-state index contributed by atoms with van der Waals surface area (Å²) in [7, 11) is 1.57. The summed E-state index contributed by atoms with van der Waals surface area (Å²) >= 11 is 5.99. The zero-order valence-corrected chi connectivity index (χ0v) is 10.8. The number of halogens is 1. The summed E-state index contributed by atoms with van der Waals surface area (Å²) in [5, 5.41) is 21.2. The first kappa shape index (κ1) is 14.8. The highest BCUT2D eigenvalue weighted by Gasteiger charge is 2.11. The van der Waals surface area contributed by atoms with E-state index in [0.717, 1.165) is 0 Å². The van der Waals surface area contributed by atoms with Gasteiger partial charge in [0.25, 0.3) is 0 Å². The number of aliphatic hydroxyl groups excluding tert-OH is 1. The van der Waals surface area contributed by atoms with Gasteiger partial charge in [0.15, 0.2) is 0 Å². The summed E-state index contributed by atoms with van der Waals surface area (Å²) in [6.07, 6.45) is 0.519. The Labute approximate surface area is 110 Å². The Morgan fingerprint density at radius 3 is 2.78 bits per heavy atom. The molecule has 1 atom stereocenters. The van der Waals surface area contributed by atoms with E-state index in [9.17, 15) is 4.79 Å². The molecule has 0 spiro atoms. The van der Waals surface area contributed by atoms with Gasteiger partial charge in [-0.2, -0.15) is 0 Å². The number of ether oxygens (including phenoxy) is 1. The molecule has 6 heteroatoms. The van der Waals surface area contributed by atoms with Gasteiger partial charge in [-0.15, -0.1) is 0 Å². The summed E-state index contributed by atoms with van der Waals surface area (Å²) in [5.74, 6) is -1.02. The Morgan fingerprint density at radius 2 is 2.28 bits per heavy atom. The number of carboxylic acid groups (broad SMARTS) is 1. The van der Waals surface area contributed by atoms with Gasteiger partial charge < -0.3 is 20.3 Å². The van der Waals surface area contributed by atoms with Gasteiger partial charge in [-0.1, -0.05) is 11.6 Å². The molecule has 100 valence electrons. The van der Waals surface area contributed by atoms with Gasteiger partial charge in [0.2, 0.25) is 0 Å². The van der Waals surface area contributed by atoms with Crippen molar-refractivity contribution in [3.8, 4) is 0 Å². The molecule has 1 unspecified atom stereocenters. The lowest BCUT2D eigenvalue weighted by molar-refractivity contribution is 0.0697. The van der Waals surface area contributed by atoms with Gasteiger partial charge in [-0.3, -0.25) is 0 Å². The SMILES string of the molecule is COCC(CCO)Nc1ccc(C(=O)O)cc1Cl. The smallest absolute Gasteiger partial charge is 0.335 e. The van der Waals surface area contributed by atoms with Gasteiger partial charge in [-0.05, 0) is 24.6 Å². The van der Waals surface area contributed by atoms with Crippen molar-refractivity contribution in [3.63, 3.8) is 0 Å². The zero-order valence-electron chi connectivity index (χ0n) is 10.0. The minimum atomic E-state index is -1.02. The van der Waals surface area contributed by atoms with Crippen LogP contribution in [0.1, 0.15) is 16.8 Å². The third kappa shape index (κ3) is 4.18. The maximum absolute atomic E-state index is 10.8. The average Bonchev–Trinajstić information content (AvgIpc) is 2.32. The number of hydrogen-bond donors (Lipinski definition) is 3. The third-order valence-corrected chi connectivity index (χ3v) is 2.73. The van der Waals surface area contributed by atoms with E-state index in [-0.39, 0.29) is 18.2 Å². The number of methoxy groups -OCH3 is 1. The van der Waals surface area contributed by atoms with E-state index in [1.807, 2.05) is 0 Å². The first-order valence-electron chi connectivity index (χ1n) is 5.47. The number of anilines is 1. The van der Waals surface area contributed by atoms with E-state index in [4.69, 9.17) is 26.6 Å². The molecule has 18 heavy (non-hydrogen) atoms. The van der Waals surface area contributed by atoms with Crippen LogP contribution in [0.5, 0.6) is 0 Å². The quantitative estimate of drug-likeness (QED) is 0.707. The molecule has 1 rings (SSSR count). The number of aromatic carboxylic acids is 1. The molecule has 0 aliphatic carbocycles. The third-order valence-electron chi connectivity index (χ3n) is 2.42. The molecule has 0 aliphatic rings. The van der Waals surface area contributed by atoms with E-state index in [1.165, 1.54) is 12.1 Å². The fourth-order valence-corrected chi connectivity index (χ4v) is 1.77. The largest absolute Gasteiger partial charge is 0.478 e. The Hall–Kier alpha value is -1.30. The van der Waals surface area contributed by atoms with E-state index < -0.39 is 5.97 Å². The van der Waals surface area contributed by atoms with Crippen LogP contribution in [0.2, 0.25) is 5.02 Å². The maximum atomic E-state index is 10.8. The molecular formula is C12H16ClNO4. The number of carboxylic acids is 1. The molecule has 0 aromatic heterocycles. The van der Waals surface area contributed by atoms with Crippen molar-refractivity contribution in [2.75, 3.05) is 25.6 Å². The molecule has 0 heterocycles. The summed E-state index contributed by atoms with van der Waals surface area (Å²) in [6.45, 7) is 0.462. The monoisotopic (exact) mass is 273 g/mol. The van der Waals surface area contributed by atoms with Crippen molar-refractivity contribution in [2.24, 2.45) is 0 Å². The molecule has 0 radical (unpaired) electrons. The van der Waals surface area contributed by atoms with Crippen LogP contribution in [0.15, 0.2) is 18.2 Å². The van der Waals surface area contributed by atoms with Crippen molar-refractivity contribution in [1.29, 1.82) is 0 Å². The van der Waals surface area contributed by atoms with E-state index in [1.54, 1.807) is 13.2 Å². The van der Waals surface area contributed by atoms with Crippen molar-refractivity contribution in [2.45, 2.75) is 12.5 Å². The fourth-order valence-electron chi connectivity index (χ4n) is 1.54. The number of nitrogens with one attached hydrogen (secondary N) is 1. The van der Waals surface area contributed by atoms with Crippen LogP contribution < -0.4 is 5.32 Å². The minimum Gasteiger partial charge on any atom is -0.478 e. The summed E-state index contributed by atoms with van der Waals surface area (Å²) in [5.41, 5.74) is 0.758. The highest BCUT2D eigenvalue weighted by Crippen LogP contribution is 2.24. The minimum absolute atomic E-state index is 0.0336. The summed E-state index contributed by atoms with van der Waals surface area (Å²) < 4.78 is 5.02. The molecule has 5 nitrogen and oxygen atoms in total. The zero-order chi connectivity index (χ0) is 13.5. The summed E-state index contributed by atoms with van der Waals surface area (Å²) in [4.78, 5) is 10.8. The first-order valence-corrected chi connectivity index (χ1v) is 5.85. The molecule has 0 saturated heterocycles. The number of rotatable bonds is 7. The second kappa shape index (κ2) is 7.20. The van der Waals surface area contributed by atoms with Gasteiger partial charge in [0.05, 0.1) is 28.9 Å². The normalized spacial score (nSPS) is 12.2. The van der Waals surface area contributed by atoms with Gasteiger partial charge in [0.1, 0.15) is 0 Å². The van der Waals surface area contributed by atoms with Gasteiger partial charge in [0, 0.05) is 13.7 Å². The van der Waals surface area contributed by atoms with Crippen LogP contribution in [0.4, 0.5) is 5.69 Å². The number of hydrogen-bond acceptors (Lipinski definition) is 4. The molecule has 1 aromatic carbocycles. The average molecular weight is 274 g/mol. The second-order valence-electron chi connectivity index (χ2n) is 3.81. The van der Waals surface area contributed by atoms with Crippen LogP contribution in [0, 0.1) is 0 Å². The second-order valence-corrected chi connectivity index (χ2v) is 4.22. The lowest BCUT2D eigenvalue weighted by Crippen LogP contribution is -2.26. The Balaban J connectivity index is 2.79. The number of aliphatic hydroxyl groups is 1. The molecule has 1 aromatic rings. The van der Waals surface area contributed by atoms with Crippen molar-refractivity contribution < 1.29 is 19.7 Å². The molecule has 0 bridgehead atoms. The molecule has 0 amide bonds.